The van der Waals surface area contributed by atoms with Crippen LogP contribution in [0.3, 0.4) is 0 Å². The first-order chi connectivity index (χ1) is 12.2. The van der Waals surface area contributed by atoms with Gasteiger partial charge in [0.2, 0.25) is 5.13 Å². The Balaban J connectivity index is 1.60. The van der Waals surface area contributed by atoms with Gasteiger partial charge in [0.05, 0.1) is 10.6 Å². The molecule has 1 aromatic carbocycles. The number of carbonyl (C=O) groups excluding carboxylic acids is 1. The highest BCUT2D eigenvalue weighted by molar-refractivity contribution is 8.18. The molecule has 4 nitrogen and oxygen atoms in total. The molecule has 0 saturated carbocycles. The van der Waals surface area contributed by atoms with Crippen LogP contribution in [-0.2, 0) is 4.79 Å². The molecule has 25 heavy (non-hydrogen) atoms. The molecule has 1 saturated heterocycles. The number of hydrogen-bond acceptors (Lipinski definition) is 6. The second-order valence-corrected chi connectivity index (χ2v) is 8.09. The van der Waals surface area contributed by atoms with Crippen molar-refractivity contribution in [2.45, 2.75) is 0 Å². The number of benzene rings is 1. The molecule has 124 valence electrons. The molecule has 0 bridgehead atoms. The van der Waals surface area contributed by atoms with E-state index in [1.54, 1.807) is 23.3 Å². The van der Waals surface area contributed by atoms with Gasteiger partial charge >= 0.3 is 0 Å². The maximum atomic E-state index is 12.4. The zero-order valence-electron chi connectivity index (χ0n) is 13.2. The summed E-state index contributed by atoms with van der Waals surface area (Å²) in [4.78, 5) is 24.9. The molecule has 1 aliphatic rings. The summed E-state index contributed by atoms with van der Waals surface area (Å²) < 4.78 is 0. The Hall–Kier alpha value is -2.22. The van der Waals surface area contributed by atoms with Crippen molar-refractivity contribution in [2.75, 3.05) is 7.05 Å². The molecule has 0 unspecified atom stereocenters. The van der Waals surface area contributed by atoms with Gasteiger partial charge in [-0.05, 0) is 29.3 Å². The summed E-state index contributed by atoms with van der Waals surface area (Å²) in [5, 5.41) is 5.29. The predicted molar refractivity (Wildman–Crippen MR) is 107 cm³/mol. The van der Waals surface area contributed by atoms with Crippen molar-refractivity contribution in [2.24, 2.45) is 4.99 Å². The van der Waals surface area contributed by atoms with Gasteiger partial charge in [-0.2, -0.15) is 4.99 Å². The molecule has 0 aliphatic carbocycles. The summed E-state index contributed by atoms with van der Waals surface area (Å²) in [6.45, 7) is 0. The number of hydrogen-bond donors (Lipinski definition) is 0. The number of amidine groups is 1. The number of thiophene rings is 1. The van der Waals surface area contributed by atoms with Gasteiger partial charge in [0.15, 0.2) is 5.17 Å². The van der Waals surface area contributed by atoms with Crippen molar-refractivity contribution >= 4 is 56.7 Å². The third-order valence-corrected chi connectivity index (χ3v) is 6.19. The topological polar surface area (TPSA) is 45.6 Å². The lowest BCUT2D eigenvalue weighted by atomic mass is 10.2. The lowest BCUT2D eigenvalue weighted by molar-refractivity contribution is -0.121. The van der Waals surface area contributed by atoms with Gasteiger partial charge in [0.1, 0.15) is 0 Å². The average Bonchev–Trinajstić information content (AvgIpc) is 3.36. The molecule has 3 heterocycles. The number of carbonyl (C=O) groups is 1. The van der Waals surface area contributed by atoms with Crippen LogP contribution < -0.4 is 0 Å². The molecular weight excluding hydrogens is 370 g/mol. The lowest BCUT2D eigenvalue weighted by Gasteiger charge is -2.05. The standard InChI is InChI=1S/C18H13N3OS3/c1-21-16(22)15(10-13-8-5-9-23-13)25-18(21)20-17-19-14(11-24-17)12-6-3-2-4-7-12/h2-11H,1H3/b15-10+,20-18+. The highest BCUT2D eigenvalue weighted by Crippen LogP contribution is 2.35. The number of nitrogens with zero attached hydrogens (tertiary/aromatic N) is 3. The molecule has 1 amide bonds. The quantitative estimate of drug-likeness (QED) is 0.591. The summed E-state index contributed by atoms with van der Waals surface area (Å²) in [7, 11) is 1.75. The Kier molecular flexibility index (Phi) is 4.52. The van der Waals surface area contributed by atoms with E-state index in [4.69, 9.17) is 0 Å². The van der Waals surface area contributed by atoms with Crippen LogP contribution in [0.1, 0.15) is 4.88 Å². The van der Waals surface area contributed by atoms with Crippen molar-refractivity contribution in [3.05, 3.63) is 63.0 Å². The second kappa shape index (κ2) is 6.95. The van der Waals surface area contributed by atoms with E-state index in [-0.39, 0.29) is 5.91 Å². The van der Waals surface area contributed by atoms with E-state index in [1.807, 2.05) is 59.3 Å². The number of thiazole rings is 1. The molecule has 0 N–H and O–H groups in total. The van der Waals surface area contributed by atoms with Gasteiger partial charge in [-0.3, -0.25) is 9.69 Å². The van der Waals surface area contributed by atoms with Crippen molar-refractivity contribution in [3.8, 4) is 11.3 Å². The van der Waals surface area contributed by atoms with Crippen LogP contribution in [-0.4, -0.2) is 28.0 Å². The number of aliphatic imine (C=N–C) groups is 1. The van der Waals surface area contributed by atoms with Gasteiger partial charge in [0, 0.05) is 22.9 Å². The zero-order valence-corrected chi connectivity index (χ0v) is 15.7. The van der Waals surface area contributed by atoms with Crippen molar-refractivity contribution in [1.29, 1.82) is 0 Å². The number of aromatic nitrogens is 1. The van der Waals surface area contributed by atoms with Gasteiger partial charge in [-0.1, -0.05) is 36.4 Å². The highest BCUT2D eigenvalue weighted by atomic mass is 32.2. The third kappa shape index (κ3) is 3.44. The molecule has 3 aromatic rings. The number of rotatable bonds is 3. The molecular formula is C18H13N3OS3. The van der Waals surface area contributed by atoms with Crippen molar-refractivity contribution in [1.82, 2.24) is 9.88 Å². The van der Waals surface area contributed by atoms with Gasteiger partial charge < -0.3 is 0 Å². The van der Waals surface area contributed by atoms with Crippen molar-refractivity contribution in [3.63, 3.8) is 0 Å². The minimum absolute atomic E-state index is 0.0306. The van der Waals surface area contributed by atoms with Crippen LogP contribution in [0, 0.1) is 0 Å². The van der Waals surface area contributed by atoms with Gasteiger partial charge in [-0.25, -0.2) is 4.98 Å². The van der Waals surface area contributed by atoms with Crippen LogP contribution in [0.15, 0.2) is 63.1 Å². The van der Waals surface area contributed by atoms with E-state index < -0.39 is 0 Å². The fraction of sp³-hybridized carbons (Fsp3) is 0.0556. The van der Waals surface area contributed by atoms with E-state index in [9.17, 15) is 4.79 Å². The molecule has 0 atom stereocenters. The highest BCUT2D eigenvalue weighted by Gasteiger charge is 2.30. The van der Waals surface area contributed by atoms with Crippen LogP contribution in [0.5, 0.6) is 0 Å². The van der Waals surface area contributed by atoms with E-state index in [0.717, 1.165) is 16.1 Å². The molecule has 7 heteroatoms. The second-order valence-electron chi connectivity index (χ2n) is 5.27. The molecule has 4 rings (SSSR count). The molecule has 0 radical (unpaired) electrons. The van der Waals surface area contributed by atoms with Crippen LogP contribution >= 0.6 is 34.4 Å². The van der Waals surface area contributed by atoms with Gasteiger partial charge in [-0.15, -0.1) is 22.7 Å². The normalized spacial score (nSPS) is 17.8. The van der Waals surface area contributed by atoms with Crippen LogP contribution in [0.4, 0.5) is 5.13 Å². The fourth-order valence-corrected chi connectivity index (χ4v) is 4.74. The minimum Gasteiger partial charge on any atom is -0.289 e. The Labute approximate surface area is 157 Å². The number of likely N-dealkylation sites (N-methyl/N-ethyl adjacent to an activating group) is 1. The lowest BCUT2D eigenvalue weighted by Crippen LogP contribution is -2.23. The van der Waals surface area contributed by atoms with E-state index in [2.05, 4.69) is 9.98 Å². The Morgan fingerprint density at radius 2 is 1.96 bits per heavy atom. The maximum absolute atomic E-state index is 12.4. The Bertz CT molecular complexity index is 959. The monoisotopic (exact) mass is 383 g/mol. The summed E-state index contributed by atoms with van der Waals surface area (Å²) in [5.74, 6) is -0.0306. The minimum atomic E-state index is -0.0306. The first-order valence-corrected chi connectivity index (χ1v) is 10.1. The molecule has 0 spiro atoms. The maximum Gasteiger partial charge on any atom is 0.266 e. The SMILES string of the molecule is CN1C(=O)/C(=C\c2cccs2)S/C1=N/c1nc(-c2ccccc2)cs1. The smallest absolute Gasteiger partial charge is 0.266 e. The summed E-state index contributed by atoms with van der Waals surface area (Å²) in [6.07, 6.45) is 1.91. The summed E-state index contributed by atoms with van der Waals surface area (Å²) in [6, 6.07) is 14.0. The first-order valence-electron chi connectivity index (χ1n) is 7.51. The predicted octanol–water partition coefficient (Wildman–Crippen LogP) is 5.11. The average molecular weight is 384 g/mol. The summed E-state index contributed by atoms with van der Waals surface area (Å²) in [5.41, 5.74) is 1.96. The molecule has 1 fully saturated rings. The van der Waals surface area contributed by atoms with Crippen molar-refractivity contribution < 1.29 is 4.79 Å². The Morgan fingerprint density at radius 3 is 2.72 bits per heavy atom. The van der Waals surface area contributed by atoms with E-state index >= 15 is 0 Å². The summed E-state index contributed by atoms with van der Waals surface area (Å²) >= 11 is 4.47. The zero-order chi connectivity index (χ0) is 17.2. The first kappa shape index (κ1) is 16.3. The van der Waals surface area contributed by atoms with Gasteiger partial charge in [0.25, 0.3) is 5.91 Å². The van der Waals surface area contributed by atoms with Crippen LogP contribution in [0.25, 0.3) is 17.3 Å². The molecule has 1 aliphatic heterocycles. The number of thioether (sulfide) groups is 1. The largest absolute Gasteiger partial charge is 0.289 e. The fourth-order valence-electron chi connectivity index (χ4n) is 2.29. The van der Waals surface area contributed by atoms with E-state index in [0.29, 0.717) is 15.2 Å². The third-order valence-electron chi connectivity index (χ3n) is 3.57. The molecule has 2 aromatic heterocycles. The Morgan fingerprint density at radius 1 is 1.12 bits per heavy atom. The van der Waals surface area contributed by atoms with E-state index in [1.165, 1.54) is 23.1 Å². The number of amides is 1. The van der Waals surface area contributed by atoms with Crippen LogP contribution in [0.2, 0.25) is 0 Å².